The molecule has 0 aliphatic rings. The summed E-state index contributed by atoms with van der Waals surface area (Å²) >= 11 is 1.41. The van der Waals surface area contributed by atoms with Gasteiger partial charge in [0.25, 0.3) is 0 Å². The number of carbonyl (C=O) groups is 5. The summed E-state index contributed by atoms with van der Waals surface area (Å²) in [4.78, 5) is 64.9. The van der Waals surface area contributed by atoms with Crippen LogP contribution in [0.3, 0.4) is 0 Å². The predicted octanol–water partition coefficient (Wildman–Crippen LogP) is -1.43. The fourth-order valence-electron chi connectivity index (χ4n) is 3.24. The lowest BCUT2D eigenvalue weighted by atomic mass is 10.0. The molecule has 14 nitrogen and oxygen atoms in total. The summed E-state index contributed by atoms with van der Waals surface area (Å²) in [7, 11) is 0. The summed E-state index contributed by atoms with van der Waals surface area (Å²) in [5.74, 6) is -4.09. The minimum atomic E-state index is -1.27. The second-order valence-electron chi connectivity index (χ2n) is 8.92. The molecule has 0 aromatic heterocycles. The zero-order valence-electron chi connectivity index (χ0n) is 21.6. The van der Waals surface area contributed by atoms with Gasteiger partial charge in [-0.25, -0.2) is 4.79 Å². The summed E-state index contributed by atoms with van der Waals surface area (Å²) in [5.41, 5.74) is 16.4. The molecule has 0 aromatic carbocycles. The Morgan fingerprint density at radius 2 is 1.41 bits per heavy atom. The minimum Gasteiger partial charge on any atom is -0.481 e. The van der Waals surface area contributed by atoms with Gasteiger partial charge in [-0.15, -0.1) is 0 Å². The van der Waals surface area contributed by atoms with Gasteiger partial charge >= 0.3 is 11.9 Å². The molecule has 4 unspecified atom stereocenters. The third-order valence-electron chi connectivity index (χ3n) is 5.15. The molecule has 0 aliphatic carbocycles. The molecule has 0 aliphatic heterocycles. The molecular weight excluding hydrogens is 506 g/mol. The second kappa shape index (κ2) is 18.2. The fourth-order valence-corrected chi connectivity index (χ4v) is 3.71. The van der Waals surface area contributed by atoms with Crippen molar-refractivity contribution in [3.8, 4) is 0 Å². The van der Waals surface area contributed by atoms with E-state index in [1.54, 1.807) is 6.26 Å². The lowest BCUT2D eigenvalue weighted by Crippen LogP contribution is -2.57. The van der Waals surface area contributed by atoms with Gasteiger partial charge in [0.05, 0.1) is 6.04 Å². The van der Waals surface area contributed by atoms with Gasteiger partial charge < -0.3 is 43.4 Å². The maximum atomic E-state index is 13.0. The smallest absolute Gasteiger partial charge is 0.326 e. The number of aliphatic imine (C=N–C) groups is 1. The van der Waals surface area contributed by atoms with Crippen molar-refractivity contribution in [1.82, 2.24) is 16.0 Å². The first kappa shape index (κ1) is 33.9. The summed E-state index contributed by atoms with van der Waals surface area (Å²) in [6.45, 7) is 3.93. The van der Waals surface area contributed by atoms with Crippen LogP contribution in [0.4, 0.5) is 0 Å². The Balaban J connectivity index is 5.49. The number of aliphatic carboxylic acids is 2. The number of amides is 3. The number of hydrogen-bond acceptors (Lipinski definition) is 8. The number of carbonyl (C=O) groups excluding carboxylic acids is 3. The van der Waals surface area contributed by atoms with Gasteiger partial charge in [-0.3, -0.25) is 24.2 Å². The molecule has 0 aromatic rings. The predicted molar refractivity (Wildman–Crippen MR) is 141 cm³/mol. The van der Waals surface area contributed by atoms with Crippen molar-refractivity contribution in [3.05, 3.63) is 0 Å². The average molecular weight is 548 g/mol. The van der Waals surface area contributed by atoms with Gasteiger partial charge in [-0.2, -0.15) is 11.8 Å². The molecule has 0 bridgehead atoms. The van der Waals surface area contributed by atoms with Crippen LogP contribution < -0.4 is 33.2 Å². The van der Waals surface area contributed by atoms with E-state index >= 15 is 0 Å². The van der Waals surface area contributed by atoms with Crippen molar-refractivity contribution in [2.75, 3.05) is 18.6 Å². The number of carboxylic acids is 2. The third-order valence-corrected chi connectivity index (χ3v) is 5.79. The molecule has 0 saturated heterocycles. The van der Waals surface area contributed by atoms with E-state index in [-0.39, 0.29) is 44.1 Å². The number of guanidine groups is 1. The van der Waals surface area contributed by atoms with Crippen LogP contribution in [-0.4, -0.2) is 88.6 Å². The SMILES string of the molecule is CSCCC(NC(=O)C(CCC(=O)O)NC(=O)C(N)CC(C)C)C(=O)NC(CCCN=C(N)N)C(=O)O. The Hall–Kier alpha value is -3.07. The Labute approximate surface area is 220 Å². The Morgan fingerprint density at radius 1 is 0.865 bits per heavy atom. The molecule has 0 rings (SSSR count). The normalized spacial score (nSPS) is 14.1. The van der Waals surface area contributed by atoms with E-state index in [2.05, 4.69) is 20.9 Å². The largest absolute Gasteiger partial charge is 0.481 e. The number of nitrogens with two attached hydrogens (primary N) is 3. The van der Waals surface area contributed by atoms with Gasteiger partial charge in [0, 0.05) is 13.0 Å². The van der Waals surface area contributed by atoms with Crippen LogP contribution in [0.5, 0.6) is 0 Å². The number of carboxylic acid groups (broad SMARTS) is 2. The summed E-state index contributed by atoms with van der Waals surface area (Å²) < 4.78 is 0. The molecule has 212 valence electrons. The molecule has 11 N–H and O–H groups in total. The standard InChI is InChI=1S/C22H41N7O7S/c1-12(2)11-13(23)18(32)27-14(6-7-17(30)31)19(33)28-15(8-10-37-3)20(34)29-16(21(35)36)5-4-9-26-22(24)25/h12-16H,4-11,23H2,1-3H3,(H,27,32)(H,28,33)(H,29,34)(H,30,31)(H,35,36)(H4,24,25,26). The number of rotatable bonds is 19. The van der Waals surface area contributed by atoms with Crippen molar-refractivity contribution in [3.63, 3.8) is 0 Å². The number of thioether (sulfide) groups is 1. The number of nitrogens with one attached hydrogen (secondary N) is 3. The van der Waals surface area contributed by atoms with Crippen LogP contribution in [0.15, 0.2) is 4.99 Å². The lowest BCUT2D eigenvalue weighted by molar-refractivity contribution is -0.142. The summed E-state index contributed by atoms with van der Waals surface area (Å²) in [6.07, 6.45) is 2.04. The highest BCUT2D eigenvalue weighted by Gasteiger charge is 2.30. The first-order chi connectivity index (χ1) is 17.3. The van der Waals surface area contributed by atoms with Gasteiger partial charge in [0.1, 0.15) is 18.1 Å². The molecule has 37 heavy (non-hydrogen) atoms. The van der Waals surface area contributed by atoms with Crippen LogP contribution in [-0.2, 0) is 24.0 Å². The lowest BCUT2D eigenvalue weighted by Gasteiger charge is -2.25. The van der Waals surface area contributed by atoms with Crippen molar-refractivity contribution in [2.45, 2.75) is 76.5 Å². The molecular formula is C22H41N7O7S. The van der Waals surface area contributed by atoms with Crippen molar-refractivity contribution < 1.29 is 34.2 Å². The Kier molecular flexibility index (Phi) is 16.7. The molecule has 3 amide bonds. The van der Waals surface area contributed by atoms with Gasteiger partial charge in [-0.1, -0.05) is 13.8 Å². The van der Waals surface area contributed by atoms with E-state index in [1.165, 1.54) is 11.8 Å². The van der Waals surface area contributed by atoms with Crippen LogP contribution >= 0.6 is 11.8 Å². The topological polar surface area (TPSA) is 252 Å². The monoisotopic (exact) mass is 547 g/mol. The second-order valence-corrected chi connectivity index (χ2v) is 9.91. The molecule has 0 fully saturated rings. The summed E-state index contributed by atoms with van der Waals surface area (Å²) in [5, 5.41) is 26.0. The third kappa shape index (κ3) is 15.6. The molecule has 0 heterocycles. The zero-order chi connectivity index (χ0) is 28.5. The molecule has 0 radical (unpaired) electrons. The van der Waals surface area contributed by atoms with Crippen molar-refractivity contribution in [1.29, 1.82) is 0 Å². The quantitative estimate of drug-likeness (QED) is 0.0528. The van der Waals surface area contributed by atoms with Crippen LogP contribution in [0.1, 0.15) is 52.4 Å². The van der Waals surface area contributed by atoms with Gasteiger partial charge in [0.2, 0.25) is 17.7 Å². The van der Waals surface area contributed by atoms with Crippen LogP contribution in [0.2, 0.25) is 0 Å². The van der Waals surface area contributed by atoms with E-state index in [4.69, 9.17) is 22.3 Å². The first-order valence-electron chi connectivity index (χ1n) is 11.9. The maximum absolute atomic E-state index is 13.0. The number of hydrogen-bond donors (Lipinski definition) is 8. The minimum absolute atomic E-state index is 0.0477. The maximum Gasteiger partial charge on any atom is 0.326 e. The van der Waals surface area contributed by atoms with Crippen molar-refractivity contribution in [2.24, 2.45) is 28.1 Å². The number of nitrogens with zero attached hydrogens (tertiary/aromatic N) is 1. The Morgan fingerprint density at radius 3 is 1.89 bits per heavy atom. The van der Waals surface area contributed by atoms with E-state index in [9.17, 15) is 29.1 Å². The fraction of sp³-hybridized carbons (Fsp3) is 0.727. The first-order valence-corrected chi connectivity index (χ1v) is 13.3. The highest BCUT2D eigenvalue weighted by atomic mass is 32.2. The van der Waals surface area contributed by atoms with E-state index in [0.29, 0.717) is 12.2 Å². The van der Waals surface area contributed by atoms with Crippen LogP contribution in [0.25, 0.3) is 0 Å². The van der Waals surface area contributed by atoms with E-state index in [0.717, 1.165) is 0 Å². The highest BCUT2D eigenvalue weighted by molar-refractivity contribution is 7.98. The van der Waals surface area contributed by atoms with Gasteiger partial charge in [-0.05, 0) is 50.0 Å². The van der Waals surface area contributed by atoms with E-state index in [1.807, 2.05) is 13.8 Å². The highest BCUT2D eigenvalue weighted by Crippen LogP contribution is 2.08. The van der Waals surface area contributed by atoms with E-state index < -0.39 is 60.2 Å². The van der Waals surface area contributed by atoms with Crippen molar-refractivity contribution >= 4 is 47.4 Å². The molecule has 4 atom stereocenters. The molecule has 0 spiro atoms. The zero-order valence-corrected chi connectivity index (χ0v) is 22.4. The summed E-state index contributed by atoms with van der Waals surface area (Å²) in [6, 6.07) is -4.51. The average Bonchev–Trinajstić information content (AvgIpc) is 2.79. The van der Waals surface area contributed by atoms with Gasteiger partial charge in [0.15, 0.2) is 5.96 Å². The Bertz CT molecular complexity index is 806. The molecule has 0 saturated carbocycles. The van der Waals surface area contributed by atoms with Crippen LogP contribution in [0, 0.1) is 5.92 Å². The molecule has 15 heteroatoms.